The summed E-state index contributed by atoms with van der Waals surface area (Å²) in [5.74, 6) is 1.27. The van der Waals surface area contributed by atoms with Gasteiger partial charge in [0.25, 0.3) is 0 Å². The average molecular weight is 501 g/mol. The molecule has 8 heteroatoms. The van der Waals surface area contributed by atoms with E-state index in [-0.39, 0.29) is 0 Å². The molecule has 2 aromatic carbocycles. The van der Waals surface area contributed by atoms with Crippen molar-refractivity contribution in [3.8, 4) is 0 Å². The Morgan fingerprint density at radius 2 is 1.56 bits per heavy atom. The van der Waals surface area contributed by atoms with Crippen LogP contribution in [0.1, 0.15) is 45.1 Å². The first-order chi connectivity index (χ1) is 16.2. The molecule has 2 N–H and O–H groups in total. The second-order valence-corrected chi connectivity index (χ2v) is 12.2. The third-order valence-electron chi connectivity index (χ3n) is 7.00. The summed E-state index contributed by atoms with van der Waals surface area (Å²) in [6, 6.07) is 13.5. The van der Waals surface area contributed by atoms with Gasteiger partial charge in [0.15, 0.2) is 5.11 Å². The Bertz CT molecular complexity index is 1120. The number of sulfonamides is 1. The molecule has 2 aliphatic rings. The van der Waals surface area contributed by atoms with Crippen LogP contribution < -0.4 is 15.5 Å². The van der Waals surface area contributed by atoms with Crippen molar-refractivity contribution in [1.29, 1.82) is 0 Å². The van der Waals surface area contributed by atoms with E-state index >= 15 is 0 Å². The summed E-state index contributed by atoms with van der Waals surface area (Å²) in [5, 5.41) is 6.99. The molecule has 0 amide bonds. The Balaban J connectivity index is 1.61. The summed E-state index contributed by atoms with van der Waals surface area (Å²) in [6.07, 6.45) is 4.05. The third kappa shape index (κ3) is 5.90. The summed E-state index contributed by atoms with van der Waals surface area (Å²) >= 11 is 5.62. The minimum absolute atomic E-state index is 0.317. The molecule has 0 aromatic heterocycles. The van der Waals surface area contributed by atoms with Gasteiger partial charge in [-0.2, -0.15) is 4.31 Å². The lowest BCUT2D eigenvalue weighted by molar-refractivity contribution is 0.288. The maximum atomic E-state index is 13.4. The Kier molecular flexibility index (Phi) is 7.80. The van der Waals surface area contributed by atoms with E-state index in [9.17, 15) is 8.42 Å². The zero-order valence-corrected chi connectivity index (χ0v) is 22.0. The van der Waals surface area contributed by atoms with E-state index in [2.05, 4.69) is 29.4 Å². The Hall–Kier alpha value is -2.16. The molecule has 0 saturated carbocycles. The highest BCUT2D eigenvalue weighted by Crippen LogP contribution is 2.34. The van der Waals surface area contributed by atoms with E-state index in [1.165, 1.54) is 0 Å². The van der Waals surface area contributed by atoms with Crippen molar-refractivity contribution in [2.75, 3.05) is 41.7 Å². The van der Waals surface area contributed by atoms with Crippen molar-refractivity contribution in [3.05, 3.63) is 48.0 Å². The molecule has 0 spiro atoms. The first-order valence-corrected chi connectivity index (χ1v) is 14.1. The number of nitrogens with zero attached hydrogens (tertiary/aromatic N) is 2. The molecule has 2 heterocycles. The van der Waals surface area contributed by atoms with Gasteiger partial charge in [0.1, 0.15) is 0 Å². The zero-order valence-electron chi connectivity index (χ0n) is 20.4. The van der Waals surface area contributed by atoms with Gasteiger partial charge in [-0.25, -0.2) is 8.42 Å². The van der Waals surface area contributed by atoms with Crippen LogP contribution in [0.2, 0.25) is 0 Å². The molecule has 2 aromatic rings. The van der Waals surface area contributed by atoms with Crippen molar-refractivity contribution >= 4 is 44.4 Å². The topological polar surface area (TPSA) is 64.7 Å². The lowest BCUT2D eigenvalue weighted by atomic mass is 9.98. The summed E-state index contributed by atoms with van der Waals surface area (Å²) in [7, 11) is -3.55. The predicted molar refractivity (Wildman–Crippen MR) is 145 cm³/mol. The van der Waals surface area contributed by atoms with Crippen LogP contribution in [-0.2, 0) is 10.0 Å². The average Bonchev–Trinajstić information content (AvgIpc) is 2.80. The highest BCUT2D eigenvalue weighted by atomic mass is 32.2. The summed E-state index contributed by atoms with van der Waals surface area (Å²) in [6.45, 7) is 9.55. The first-order valence-electron chi connectivity index (χ1n) is 12.3. The number of nitrogens with one attached hydrogen (secondary N) is 2. The number of piperidine rings is 2. The summed E-state index contributed by atoms with van der Waals surface area (Å²) in [4.78, 5) is 2.65. The number of anilines is 3. The second-order valence-electron chi connectivity index (χ2n) is 9.88. The second kappa shape index (κ2) is 10.6. The highest BCUT2D eigenvalue weighted by molar-refractivity contribution is 7.89. The first kappa shape index (κ1) is 24.9. The van der Waals surface area contributed by atoms with Crippen LogP contribution in [0.25, 0.3) is 0 Å². The molecule has 0 atom stereocenters. The lowest BCUT2D eigenvalue weighted by Gasteiger charge is -2.34. The van der Waals surface area contributed by atoms with Gasteiger partial charge in [-0.15, -0.1) is 0 Å². The lowest BCUT2D eigenvalue weighted by Crippen LogP contribution is -2.38. The van der Waals surface area contributed by atoms with Gasteiger partial charge < -0.3 is 15.5 Å². The zero-order chi connectivity index (χ0) is 24.3. The van der Waals surface area contributed by atoms with Crippen LogP contribution >= 0.6 is 12.2 Å². The number of thiocarbonyl (C=S) groups is 1. The number of rotatable bonds is 5. The van der Waals surface area contributed by atoms with Gasteiger partial charge in [0, 0.05) is 31.9 Å². The molecule has 2 fully saturated rings. The maximum Gasteiger partial charge on any atom is 0.243 e. The third-order valence-corrected chi connectivity index (χ3v) is 9.10. The molecule has 2 saturated heterocycles. The van der Waals surface area contributed by atoms with Crippen LogP contribution in [0.15, 0.2) is 47.4 Å². The summed E-state index contributed by atoms with van der Waals surface area (Å²) < 4.78 is 28.5. The van der Waals surface area contributed by atoms with Gasteiger partial charge in [-0.05, 0) is 92.6 Å². The molecular weight excluding hydrogens is 464 g/mol. The normalized spacial score (nSPS) is 18.6. The van der Waals surface area contributed by atoms with E-state index in [0.29, 0.717) is 34.9 Å². The van der Waals surface area contributed by atoms with Crippen LogP contribution in [-0.4, -0.2) is 44.0 Å². The van der Waals surface area contributed by atoms with E-state index in [4.69, 9.17) is 12.2 Å². The predicted octanol–water partition coefficient (Wildman–Crippen LogP) is 5.46. The van der Waals surface area contributed by atoms with Gasteiger partial charge >= 0.3 is 0 Å². The van der Waals surface area contributed by atoms with Crippen LogP contribution in [0.3, 0.4) is 0 Å². The van der Waals surface area contributed by atoms with Crippen molar-refractivity contribution in [3.63, 3.8) is 0 Å². The Morgan fingerprint density at radius 1 is 0.912 bits per heavy atom. The van der Waals surface area contributed by atoms with Crippen LogP contribution in [0.5, 0.6) is 0 Å². The molecule has 0 bridgehead atoms. The number of hydrogen-bond donors (Lipinski definition) is 2. The van der Waals surface area contributed by atoms with Gasteiger partial charge in [0.05, 0.1) is 16.3 Å². The van der Waals surface area contributed by atoms with Crippen molar-refractivity contribution < 1.29 is 8.42 Å². The molecule has 2 aliphatic heterocycles. The minimum Gasteiger partial charge on any atom is -0.370 e. The molecule has 0 radical (unpaired) electrons. The molecule has 4 rings (SSSR count). The van der Waals surface area contributed by atoms with Crippen LogP contribution in [0.4, 0.5) is 17.1 Å². The molecule has 184 valence electrons. The maximum absolute atomic E-state index is 13.4. The molecule has 6 nitrogen and oxygen atoms in total. The highest BCUT2D eigenvalue weighted by Gasteiger charge is 2.29. The van der Waals surface area contributed by atoms with Crippen molar-refractivity contribution in [1.82, 2.24) is 4.31 Å². The van der Waals surface area contributed by atoms with E-state index in [1.54, 1.807) is 16.4 Å². The Labute approximate surface area is 209 Å². The van der Waals surface area contributed by atoms with Crippen LogP contribution in [0, 0.1) is 18.8 Å². The quantitative estimate of drug-likeness (QED) is 0.532. The van der Waals surface area contributed by atoms with E-state index in [0.717, 1.165) is 61.4 Å². The van der Waals surface area contributed by atoms with Gasteiger partial charge in [0.2, 0.25) is 10.0 Å². The molecule has 34 heavy (non-hydrogen) atoms. The fraction of sp³-hybridized carbons (Fsp3) is 0.500. The fourth-order valence-electron chi connectivity index (χ4n) is 4.68. The van der Waals surface area contributed by atoms with Gasteiger partial charge in [-0.3, -0.25) is 0 Å². The number of aryl methyl sites for hydroxylation is 1. The molecule has 0 aliphatic carbocycles. The Morgan fingerprint density at radius 3 is 2.21 bits per heavy atom. The molecule has 0 unspecified atom stereocenters. The largest absolute Gasteiger partial charge is 0.370 e. The smallest absolute Gasteiger partial charge is 0.243 e. The number of benzene rings is 2. The van der Waals surface area contributed by atoms with E-state index in [1.807, 2.05) is 37.3 Å². The van der Waals surface area contributed by atoms with E-state index < -0.39 is 10.0 Å². The molecular formula is C26H36N4O2S2. The SMILES string of the molecule is Cc1cccc(NC(=S)Nc2cc(S(=O)(=O)N3CCC(C)CC3)ccc2N2CCC(C)CC2)c1. The standard InChI is InChI=1S/C26H36N4O2S2/c1-19-9-13-29(14-10-19)25-8-7-23(34(31,32)30-15-11-20(2)12-16-30)18-24(25)28-26(33)27-22-6-4-5-21(3)17-22/h4-8,17-20H,9-16H2,1-3H3,(H2,27,28,33). The summed E-state index contributed by atoms with van der Waals surface area (Å²) in [5.41, 5.74) is 3.76. The van der Waals surface area contributed by atoms with Crippen molar-refractivity contribution in [2.45, 2.75) is 51.3 Å². The fourth-order valence-corrected chi connectivity index (χ4v) is 6.41. The van der Waals surface area contributed by atoms with Gasteiger partial charge in [-0.1, -0.05) is 26.0 Å². The minimum atomic E-state index is -3.55. The van der Waals surface area contributed by atoms with Crippen molar-refractivity contribution in [2.24, 2.45) is 11.8 Å². The number of hydrogen-bond acceptors (Lipinski definition) is 4. The monoisotopic (exact) mass is 500 g/mol.